The van der Waals surface area contributed by atoms with E-state index in [0.29, 0.717) is 38.0 Å². The van der Waals surface area contributed by atoms with Crippen LogP contribution in [0.2, 0.25) is 0 Å². The zero-order chi connectivity index (χ0) is 29.7. The van der Waals surface area contributed by atoms with E-state index >= 15 is 8.78 Å². The molecule has 1 aromatic carbocycles. The highest BCUT2D eigenvalue weighted by atomic mass is 19.1. The second-order valence-corrected chi connectivity index (χ2v) is 12.3. The fourth-order valence-electron chi connectivity index (χ4n) is 7.14. The van der Waals surface area contributed by atoms with Gasteiger partial charge in [-0.3, -0.25) is 9.69 Å². The topological polar surface area (TPSA) is 113 Å². The Morgan fingerprint density at radius 2 is 1.88 bits per heavy atom. The number of nitrogens with zero attached hydrogens (tertiary/aromatic N) is 4. The lowest BCUT2D eigenvalue weighted by atomic mass is 9.82. The van der Waals surface area contributed by atoms with E-state index in [0.717, 1.165) is 31.2 Å². The van der Waals surface area contributed by atoms with Crippen LogP contribution in [-0.2, 0) is 11.3 Å². The third-order valence-electron chi connectivity index (χ3n) is 9.26. The van der Waals surface area contributed by atoms with E-state index in [4.69, 9.17) is 4.74 Å². The summed E-state index contributed by atoms with van der Waals surface area (Å²) in [6.45, 7) is 6.79. The van der Waals surface area contributed by atoms with E-state index in [1.165, 1.54) is 6.07 Å². The first-order valence-electron chi connectivity index (χ1n) is 15.0. The van der Waals surface area contributed by atoms with E-state index in [-0.39, 0.29) is 70.4 Å². The monoisotopic (exact) mass is 583 g/mol. The number of piperidine rings is 2. The Morgan fingerprint density at radius 1 is 1.14 bits per heavy atom. The van der Waals surface area contributed by atoms with Crippen molar-refractivity contribution in [2.45, 2.75) is 102 Å². The van der Waals surface area contributed by atoms with Crippen LogP contribution in [0.5, 0.6) is 0 Å². The summed E-state index contributed by atoms with van der Waals surface area (Å²) in [5.41, 5.74) is 0.900. The number of aliphatic hydroxyl groups excluding tert-OH is 2. The summed E-state index contributed by atoms with van der Waals surface area (Å²) in [6.07, 6.45) is 4.87. The zero-order valence-electron chi connectivity index (χ0n) is 24.3. The lowest BCUT2D eigenvalue weighted by Crippen LogP contribution is -2.53. The molecule has 11 heteroatoms. The van der Waals surface area contributed by atoms with Crippen molar-refractivity contribution in [1.82, 2.24) is 19.4 Å². The predicted molar refractivity (Wildman–Crippen MR) is 155 cm³/mol. The zero-order valence-corrected chi connectivity index (χ0v) is 24.3. The molecule has 5 heterocycles. The summed E-state index contributed by atoms with van der Waals surface area (Å²) >= 11 is 0. The third-order valence-corrected chi connectivity index (χ3v) is 9.26. The Bertz CT molecular complexity index is 1530. The van der Waals surface area contributed by atoms with E-state index in [9.17, 15) is 15.0 Å². The Kier molecular flexibility index (Phi) is 8.03. The van der Waals surface area contributed by atoms with Gasteiger partial charge in [0, 0.05) is 53.5 Å². The minimum absolute atomic E-state index is 0.0699. The maximum Gasteiger partial charge on any atom is 0.223 e. The first-order chi connectivity index (χ1) is 20.1. The van der Waals surface area contributed by atoms with E-state index in [1.807, 2.05) is 18.4 Å². The first kappa shape index (κ1) is 29.1. The van der Waals surface area contributed by atoms with Crippen molar-refractivity contribution in [2.75, 3.05) is 18.5 Å². The Balaban J connectivity index is 1.45. The maximum absolute atomic E-state index is 16.6. The molecule has 2 aromatic heterocycles. The van der Waals surface area contributed by atoms with Crippen molar-refractivity contribution in [3.05, 3.63) is 51.4 Å². The Labute approximate surface area is 243 Å². The van der Waals surface area contributed by atoms with E-state index in [1.54, 1.807) is 13.0 Å². The van der Waals surface area contributed by atoms with Gasteiger partial charge < -0.3 is 24.8 Å². The number of pyridine rings is 1. The van der Waals surface area contributed by atoms with Crippen molar-refractivity contribution in [2.24, 2.45) is 0 Å². The molecule has 3 saturated heterocycles. The maximum atomic E-state index is 16.6. The quantitative estimate of drug-likeness (QED) is 0.398. The minimum Gasteiger partial charge on any atom is -0.393 e. The number of nitrogens with one attached hydrogen (secondary N) is 1. The lowest BCUT2D eigenvalue weighted by Gasteiger charge is -2.48. The van der Waals surface area contributed by atoms with E-state index in [2.05, 4.69) is 20.2 Å². The lowest BCUT2D eigenvalue weighted by molar-refractivity contribution is -0.0325. The SMILES string of the molecule is Cc1c(CN2C3CCCC2CC(O)C3)n(C(C)C)c2c(F)c(-c3nc(N[C@@H]4CCOC[C@H]4O)ncc3F)ccc2c1=O. The number of hydrogen-bond acceptors (Lipinski definition) is 8. The number of hydrogen-bond donors (Lipinski definition) is 3. The molecule has 42 heavy (non-hydrogen) atoms. The molecule has 2 unspecified atom stereocenters. The van der Waals surface area contributed by atoms with Gasteiger partial charge >= 0.3 is 0 Å². The van der Waals surface area contributed by atoms with Crippen molar-refractivity contribution in [1.29, 1.82) is 0 Å². The Hall–Kier alpha value is -2.99. The van der Waals surface area contributed by atoms with Crippen molar-refractivity contribution < 1.29 is 23.7 Å². The first-order valence-corrected chi connectivity index (χ1v) is 15.0. The van der Waals surface area contributed by atoms with Crippen LogP contribution in [0.3, 0.4) is 0 Å². The summed E-state index contributed by atoms with van der Waals surface area (Å²) in [5.74, 6) is -1.44. The van der Waals surface area contributed by atoms with Gasteiger partial charge in [0.25, 0.3) is 0 Å². The molecule has 0 amide bonds. The van der Waals surface area contributed by atoms with Crippen LogP contribution in [0.1, 0.15) is 69.7 Å². The largest absolute Gasteiger partial charge is 0.393 e. The van der Waals surface area contributed by atoms with Gasteiger partial charge in [-0.15, -0.1) is 0 Å². The van der Waals surface area contributed by atoms with Gasteiger partial charge in [-0.25, -0.2) is 18.7 Å². The highest BCUT2D eigenvalue weighted by Gasteiger charge is 2.38. The summed E-state index contributed by atoms with van der Waals surface area (Å²) in [7, 11) is 0. The second-order valence-electron chi connectivity index (χ2n) is 12.3. The summed E-state index contributed by atoms with van der Waals surface area (Å²) in [5, 5.41) is 23.9. The molecule has 3 aliphatic heterocycles. The summed E-state index contributed by atoms with van der Waals surface area (Å²) in [6, 6.07) is 2.80. The van der Waals surface area contributed by atoms with Crippen LogP contribution < -0.4 is 10.7 Å². The number of rotatable bonds is 6. The Morgan fingerprint density at radius 3 is 2.57 bits per heavy atom. The fourth-order valence-corrected chi connectivity index (χ4v) is 7.14. The standard InChI is InChI=1S/C31H39F2N5O4/c1-16(2)38-25(14-37-18-5-4-6-19(37)12-20(39)11-18)17(3)30(41)22-8-7-21(27(33)29(22)38)28-23(32)13-34-31(36-28)35-24-9-10-42-15-26(24)40/h7-8,13,16,18-20,24,26,39-40H,4-6,9-12,14-15H2,1-3H3,(H,34,35,36)/t18?,19?,20?,24-,26-/m1/s1. The van der Waals surface area contributed by atoms with Crippen molar-refractivity contribution in [3.63, 3.8) is 0 Å². The van der Waals surface area contributed by atoms with Gasteiger partial charge in [0.05, 0.1) is 36.6 Å². The number of halogens is 2. The number of aromatic nitrogens is 3. The molecule has 0 spiro atoms. The van der Waals surface area contributed by atoms with E-state index < -0.39 is 17.7 Å². The number of aliphatic hydroxyl groups is 2. The van der Waals surface area contributed by atoms with Crippen LogP contribution in [0.4, 0.5) is 14.7 Å². The fraction of sp³-hybridized carbons (Fsp3) is 0.581. The van der Waals surface area contributed by atoms with Gasteiger partial charge in [0.1, 0.15) is 5.69 Å². The average molecular weight is 584 g/mol. The summed E-state index contributed by atoms with van der Waals surface area (Å²) in [4.78, 5) is 24.4. The average Bonchev–Trinajstić information content (AvgIpc) is 2.94. The molecule has 0 saturated carbocycles. The molecule has 226 valence electrons. The van der Waals surface area contributed by atoms with Gasteiger partial charge in [-0.2, -0.15) is 0 Å². The van der Waals surface area contributed by atoms with Crippen LogP contribution in [0, 0.1) is 18.6 Å². The number of anilines is 1. The highest BCUT2D eigenvalue weighted by Crippen LogP contribution is 2.37. The van der Waals surface area contributed by atoms with Gasteiger partial charge in [0.2, 0.25) is 5.95 Å². The molecule has 0 radical (unpaired) electrons. The van der Waals surface area contributed by atoms with Crippen LogP contribution >= 0.6 is 0 Å². The van der Waals surface area contributed by atoms with Gasteiger partial charge in [-0.1, -0.05) is 6.42 Å². The third kappa shape index (κ3) is 5.21. The molecular formula is C31H39F2N5O4. The van der Waals surface area contributed by atoms with Gasteiger partial charge in [-0.05, 0) is 65.0 Å². The van der Waals surface area contributed by atoms with Crippen molar-refractivity contribution >= 4 is 16.9 Å². The smallest absolute Gasteiger partial charge is 0.223 e. The molecule has 4 atom stereocenters. The molecule has 9 nitrogen and oxygen atoms in total. The molecule has 3 aromatic rings. The molecule has 2 bridgehead atoms. The molecule has 3 N–H and O–H groups in total. The number of benzene rings is 1. The number of fused-ring (bicyclic) bond motifs is 3. The molecule has 0 aliphatic carbocycles. The van der Waals surface area contributed by atoms with Crippen molar-refractivity contribution in [3.8, 4) is 11.3 Å². The molecule has 3 aliphatic rings. The molecular weight excluding hydrogens is 544 g/mol. The molecule has 3 fully saturated rings. The normalized spacial score (nSPS) is 26.6. The van der Waals surface area contributed by atoms with Crippen LogP contribution in [0.25, 0.3) is 22.2 Å². The minimum atomic E-state index is -0.795. The number of ether oxygens (including phenoxy) is 1. The summed E-state index contributed by atoms with van der Waals surface area (Å²) < 4.78 is 39.0. The molecule has 6 rings (SSSR count). The second kappa shape index (κ2) is 11.6. The van der Waals surface area contributed by atoms with Crippen LogP contribution in [0.15, 0.2) is 23.1 Å². The van der Waals surface area contributed by atoms with Crippen LogP contribution in [-0.4, -0.2) is 73.2 Å². The highest BCUT2D eigenvalue weighted by molar-refractivity contribution is 5.86. The predicted octanol–water partition coefficient (Wildman–Crippen LogP) is 4.07. The van der Waals surface area contributed by atoms with Gasteiger partial charge in [0.15, 0.2) is 17.1 Å².